The highest BCUT2D eigenvalue weighted by molar-refractivity contribution is 7.99. The maximum Gasteiger partial charge on any atom is 0.329 e. The van der Waals surface area contributed by atoms with E-state index in [-0.39, 0.29) is 11.7 Å². The van der Waals surface area contributed by atoms with Gasteiger partial charge in [0.2, 0.25) is 11.1 Å². The van der Waals surface area contributed by atoms with Crippen molar-refractivity contribution in [2.24, 2.45) is 0 Å². The van der Waals surface area contributed by atoms with Crippen molar-refractivity contribution in [3.8, 4) is 0 Å². The van der Waals surface area contributed by atoms with Crippen LogP contribution in [-0.2, 0) is 14.3 Å². The maximum atomic E-state index is 11.4. The van der Waals surface area contributed by atoms with Crippen molar-refractivity contribution in [3.05, 3.63) is 6.33 Å². The molecular formula is C8H13N5O3S. The number of nitrogens with zero attached hydrogens (tertiary/aromatic N) is 3. The van der Waals surface area contributed by atoms with Crippen molar-refractivity contribution in [1.82, 2.24) is 20.2 Å². The molecular weight excluding hydrogens is 246 g/mol. The number of carbonyl (C=O) groups is 2. The molecule has 0 aromatic carbocycles. The fraction of sp³-hybridized carbons (Fsp3) is 0.500. The van der Waals surface area contributed by atoms with Crippen LogP contribution < -0.4 is 11.2 Å². The minimum absolute atomic E-state index is 0.266. The Morgan fingerprint density at radius 3 is 2.88 bits per heavy atom. The molecule has 0 aliphatic heterocycles. The Morgan fingerprint density at radius 1 is 1.71 bits per heavy atom. The zero-order chi connectivity index (χ0) is 12.8. The first kappa shape index (κ1) is 13.3. The molecule has 0 fully saturated rings. The highest BCUT2D eigenvalue weighted by Gasteiger charge is 2.21. The molecule has 1 aromatic rings. The van der Waals surface area contributed by atoms with Gasteiger partial charge in [-0.3, -0.25) is 4.79 Å². The van der Waals surface area contributed by atoms with E-state index in [1.54, 1.807) is 0 Å². The van der Waals surface area contributed by atoms with Gasteiger partial charge in [0.1, 0.15) is 12.4 Å². The van der Waals surface area contributed by atoms with Crippen LogP contribution in [0, 0.1) is 0 Å². The van der Waals surface area contributed by atoms with Crippen molar-refractivity contribution < 1.29 is 14.3 Å². The Balaban J connectivity index is 2.58. The highest BCUT2D eigenvalue weighted by Crippen LogP contribution is 2.14. The van der Waals surface area contributed by atoms with Gasteiger partial charge in [-0.25, -0.2) is 9.47 Å². The normalized spacial score (nSPS) is 11.9. The van der Waals surface area contributed by atoms with Gasteiger partial charge in [-0.2, -0.15) is 0 Å². The van der Waals surface area contributed by atoms with E-state index in [9.17, 15) is 9.59 Å². The fourth-order valence-electron chi connectivity index (χ4n) is 1.05. The van der Waals surface area contributed by atoms with E-state index in [1.165, 1.54) is 36.8 Å². The summed E-state index contributed by atoms with van der Waals surface area (Å²) < 4.78 is 5.80. The summed E-state index contributed by atoms with van der Waals surface area (Å²) in [5, 5.41) is 10.3. The molecule has 9 heteroatoms. The van der Waals surface area contributed by atoms with E-state index in [0.29, 0.717) is 5.16 Å². The van der Waals surface area contributed by atoms with Gasteiger partial charge < -0.3 is 15.9 Å². The van der Waals surface area contributed by atoms with Gasteiger partial charge >= 0.3 is 5.97 Å². The number of hydrogen-bond donors (Lipinski definition) is 2. The third-order valence-corrected chi connectivity index (χ3v) is 2.83. The van der Waals surface area contributed by atoms with Crippen LogP contribution in [0.1, 0.15) is 6.92 Å². The summed E-state index contributed by atoms with van der Waals surface area (Å²) in [4.78, 5) is 22.3. The number of thioether (sulfide) groups is 1. The molecule has 8 nitrogen and oxygen atoms in total. The highest BCUT2D eigenvalue weighted by atomic mass is 32.2. The number of nitrogen functional groups attached to an aromatic ring is 1. The number of esters is 1. The quantitative estimate of drug-likeness (QED) is 0.386. The SMILES string of the molecule is COC(=O)C(CSc1nncn1N)NC(C)=O. The average Bonchev–Trinajstić information content (AvgIpc) is 2.68. The second kappa shape index (κ2) is 6.09. The summed E-state index contributed by atoms with van der Waals surface area (Å²) >= 11 is 1.20. The number of carbonyl (C=O) groups excluding carboxylic acids is 2. The summed E-state index contributed by atoms with van der Waals surface area (Å²) in [6.07, 6.45) is 1.34. The van der Waals surface area contributed by atoms with Gasteiger partial charge in [0.05, 0.1) is 7.11 Å². The van der Waals surface area contributed by atoms with Gasteiger partial charge in [0.25, 0.3) is 0 Å². The van der Waals surface area contributed by atoms with Crippen molar-refractivity contribution in [2.75, 3.05) is 18.7 Å². The zero-order valence-electron chi connectivity index (χ0n) is 9.41. The predicted octanol–water partition coefficient (Wildman–Crippen LogP) is -1.24. The lowest BCUT2D eigenvalue weighted by atomic mass is 10.3. The number of methoxy groups -OCH3 is 1. The molecule has 1 heterocycles. The molecule has 0 saturated heterocycles. The number of hydrogen-bond acceptors (Lipinski definition) is 7. The lowest BCUT2D eigenvalue weighted by Crippen LogP contribution is -2.42. The minimum Gasteiger partial charge on any atom is -0.467 e. The Labute approximate surface area is 102 Å². The van der Waals surface area contributed by atoms with Gasteiger partial charge in [-0.05, 0) is 0 Å². The summed E-state index contributed by atoms with van der Waals surface area (Å²) in [5.41, 5.74) is 0. The van der Waals surface area contributed by atoms with Crippen molar-refractivity contribution in [2.45, 2.75) is 18.1 Å². The number of ether oxygens (including phenoxy) is 1. The fourth-order valence-corrected chi connectivity index (χ4v) is 1.89. The lowest BCUT2D eigenvalue weighted by Gasteiger charge is -2.14. The number of amides is 1. The summed E-state index contributed by atoms with van der Waals surface area (Å²) in [6, 6.07) is -0.737. The van der Waals surface area contributed by atoms with Gasteiger partial charge in [0.15, 0.2) is 0 Å². The molecule has 0 spiro atoms. The van der Waals surface area contributed by atoms with Gasteiger partial charge in [-0.15, -0.1) is 10.2 Å². The van der Waals surface area contributed by atoms with Crippen LogP contribution in [0.4, 0.5) is 0 Å². The van der Waals surface area contributed by atoms with Gasteiger partial charge in [0, 0.05) is 12.7 Å². The van der Waals surface area contributed by atoms with E-state index in [2.05, 4.69) is 20.3 Å². The molecule has 0 radical (unpaired) electrons. The molecule has 1 aromatic heterocycles. The number of nitrogens with one attached hydrogen (secondary N) is 1. The second-order valence-corrected chi connectivity index (χ2v) is 4.10. The van der Waals surface area contributed by atoms with Crippen LogP contribution >= 0.6 is 11.8 Å². The van der Waals surface area contributed by atoms with Crippen LogP contribution in [0.2, 0.25) is 0 Å². The van der Waals surface area contributed by atoms with Crippen molar-refractivity contribution in [1.29, 1.82) is 0 Å². The third kappa shape index (κ3) is 3.94. The molecule has 17 heavy (non-hydrogen) atoms. The molecule has 1 unspecified atom stereocenters. The Bertz CT molecular complexity index is 408. The standard InChI is InChI=1S/C8H13N5O3S/c1-5(14)11-6(7(15)16-2)3-17-8-12-10-4-13(8)9/h4,6H,3,9H2,1-2H3,(H,11,14). The molecule has 0 aliphatic carbocycles. The monoisotopic (exact) mass is 259 g/mol. The zero-order valence-corrected chi connectivity index (χ0v) is 10.2. The van der Waals surface area contributed by atoms with Crippen molar-refractivity contribution in [3.63, 3.8) is 0 Å². The Kier molecular flexibility index (Phi) is 4.76. The molecule has 1 atom stereocenters. The molecule has 1 amide bonds. The van der Waals surface area contributed by atoms with Crippen LogP contribution in [0.5, 0.6) is 0 Å². The summed E-state index contributed by atoms with van der Waals surface area (Å²) in [6.45, 7) is 1.33. The summed E-state index contributed by atoms with van der Waals surface area (Å²) in [7, 11) is 1.26. The van der Waals surface area contributed by atoms with Crippen LogP contribution in [0.3, 0.4) is 0 Å². The largest absolute Gasteiger partial charge is 0.467 e. The first-order valence-electron chi connectivity index (χ1n) is 4.67. The average molecular weight is 259 g/mol. The summed E-state index contributed by atoms with van der Waals surface area (Å²) in [5.74, 6) is 4.94. The number of nitrogens with two attached hydrogens (primary N) is 1. The van der Waals surface area contributed by atoms with Gasteiger partial charge in [-0.1, -0.05) is 11.8 Å². The molecule has 94 valence electrons. The molecule has 0 aliphatic rings. The minimum atomic E-state index is -0.737. The molecule has 0 saturated carbocycles. The third-order valence-electron chi connectivity index (χ3n) is 1.78. The van der Waals surface area contributed by atoms with E-state index < -0.39 is 12.0 Å². The molecule has 1 rings (SSSR count). The first-order chi connectivity index (χ1) is 8.04. The predicted molar refractivity (Wildman–Crippen MR) is 60.5 cm³/mol. The second-order valence-electron chi connectivity index (χ2n) is 3.11. The van der Waals surface area contributed by atoms with E-state index in [1.807, 2.05) is 0 Å². The van der Waals surface area contributed by atoms with Crippen LogP contribution in [0.25, 0.3) is 0 Å². The number of aromatic nitrogens is 3. The molecule has 3 N–H and O–H groups in total. The van der Waals surface area contributed by atoms with Crippen LogP contribution in [0.15, 0.2) is 11.5 Å². The maximum absolute atomic E-state index is 11.4. The Hall–Kier alpha value is -1.77. The van der Waals surface area contributed by atoms with E-state index in [4.69, 9.17) is 5.84 Å². The van der Waals surface area contributed by atoms with E-state index in [0.717, 1.165) is 0 Å². The van der Waals surface area contributed by atoms with E-state index >= 15 is 0 Å². The Morgan fingerprint density at radius 2 is 2.41 bits per heavy atom. The topological polar surface area (TPSA) is 112 Å². The first-order valence-corrected chi connectivity index (χ1v) is 5.66. The molecule has 0 bridgehead atoms. The number of rotatable bonds is 5. The smallest absolute Gasteiger partial charge is 0.329 e. The lowest BCUT2D eigenvalue weighted by molar-refractivity contribution is -0.144. The van der Waals surface area contributed by atoms with Crippen LogP contribution in [-0.4, -0.2) is 45.7 Å². The van der Waals surface area contributed by atoms with Crippen molar-refractivity contribution >= 4 is 23.6 Å².